The van der Waals surface area contributed by atoms with E-state index in [-0.39, 0.29) is 5.91 Å². The molecular weight excluding hydrogens is 238 g/mol. The number of rotatable bonds is 5. The third-order valence-corrected chi connectivity index (χ3v) is 2.66. The third kappa shape index (κ3) is 3.89. The summed E-state index contributed by atoms with van der Waals surface area (Å²) in [5.41, 5.74) is 0.665. The number of hydrogen-bond acceptors (Lipinski definition) is 3. The van der Waals surface area contributed by atoms with Crippen LogP contribution in [0, 0.1) is 0 Å². The molecule has 0 bridgehead atoms. The van der Waals surface area contributed by atoms with E-state index in [1.54, 1.807) is 13.1 Å². The zero-order valence-electron chi connectivity index (χ0n) is 10.4. The average molecular weight is 256 g/mol. The number of carbonyl (C=O) groups excluding carboxylic acids is 1. The van der Waals surface area contributed by atoms with Gasteiger partial charge in [0.1, 0.15) is 11.2 Å². The predicted molar refractivity (Wildman–Crippen MR) is 71.7 cm³/mol. The maximum Gasteiger partial charge on any atom is 0.242 e. The fourth-order valence-corrected chi connectivity index (χ4v) is 1.49. The SMILES string of the molecule is CCN(CC)c1ccc(NC(=O)C(C)Cl)cn1. The first-order valence-electron chi connectivity index (χ1n) is 5.74. The van der Waals surface area contributed by atoms with E-state index in [9.17, 15) is 4.79 Å². The summed E-state index contributed by atoms with van der Waals surface area (Å²) in [6.07, 6.45) is 1.64. The number of nitrogens with zero attached hydrogens (tertiary/aromatic N) is 2. The normalized spacial score (nSPS) is 12.0. The van der Waals surface area contributed by atoms with Crippen molar-refractivity contribution in [1.82, 2.24) is 4.98 Å². The minimum Gasteiger partial charge on any atom is -0.357 e. The Labute approximate surface area is 107 Å². The van der Waals surface area contributed by atoms with Gasteiger partial charge in [-0.15, -0.1) is 11.6 Å². The van der Waals surface area contributed by atoms with Crippen LogP contribution in [-0.4, -0.2) is 29.4 Å². The summed E-state index contributed by atoms with van der Waals surface area (Å²) < 4.78 is 0. The smallest absolute Gasteiger partial charge is 0.242 e. The van der Waals surface area contributed by atoms with Crippen LogP contribution in [0.1, 0.15) is 20.8 Å². The molecule has 1 unspecified atom stereocenters. The second-order valence-electron chi connectivity index (χ2n) is 3.68. The number of hydrogen-bond donors (Lipinski definition) is 1. The van der Waals surface area contributed by atoms with Crippen molar-refractivity contribution in [3.8, 4) is 0 Å². The van der Waals surface area contributed by atoms with Crippen molar-refractivity contribution in [1.29, 1.82) is 0 Å². The fraction of sp³-hybridized carbons (Fsp3) is 0.500. The van der Waals surface area contributed by atoms with Crippen LogP contribution in [0.5, 0.6) is 0 Å². The van der Waals surface area contributed by atoms with Crippen LogP contribution in [0.15, 0.2) is 18.3 Å². The Hall–Kier alpha value is -1.29. The highest BCUT2D eigenvalue weighted by Gasteiger charge is 2.09. The van der Waals surface area contributed by atoms with Gasteiger partial charge >= 0.3 is 0 Å². The predicted octanol–water partition coefficient (Wildman–Crippen LogP) is 2.49. The molecule has 1 amide bonds. The van der Waals surface area contributed by atoms with Gasteiger partial charge in [-0.3, -0.25) is 4.79 Å². The number of halogens is 1. The molecule has 1 rings (SSSR count). The summed E-state index contributed by atoms with van der Waals surface area (Å²) in [5, 5.41) is 2.15. The molecule has 0 aliphatic heterocycles. The highest BCUT2D eigenvalue weighted by molar-refractivity contribution is 6.32. The Morgan fingerprint density at radius 1 is 1.47 bits per heavy atom. The first-order valence-corrected chi connectivity index (χ1v) is 6.18. The summed E-state index contributed by atoms with van der Waals surface area (Å²) in [6, 6.07) is 3.72. The van der Waals surface area contributed by atoms with Crippen molar-refractivity contribution >= 4 is 29.0 Å². The summed E-state index contributed by atoms with van der Waals surface area (Å²) in [7, 11) is 0. The Bertz CT molecular complexity index is 361. The molecule has 0 radical (unpaired) electrons. The van der Waals surface area contributed by atoms with Crippen LogP contribution in [0.25, 0.3) is 0 Å². The van der Waals surface area contributed by atoms with E-state index in [0.29, 0.717) is 5.69 Å². The van der Waals surface area contributed by atoms with Gasteiger partial charge in [-0.2, -0.15) is 0 Å². The molecule has 1 atom stereocenters. The topological polar surface area (TPSA) is 45.2 Å². The molecule has 0 spiro atoms. The Balaban J connectivity index is 2.71. The minimum absolute atomic E-state index is 0.218. The molecule has 4 nitrogen and oxygen atoms in total. The van der Waals surface area contributed by atoms with Crippen LogP contribution in [0.2, 0.25) is 0 Å². The zero-order chi connectivity index (χ0) is 12.8. The molecule has 0 aliphatic rings. The van der Waals surface area contributed by atoms with Crippen molar-refractivity contribution < 1.29 is 4.79 Å². The molecule has 0 saturated carbocycles. The number of alkyl halides is 1. The van der Waals surface area contributed by atoms with Gasteiger partial charge in [-0.05, 0) is 32.9 Å². The first-order chi connectivity index (χ1) is 8.08. The maximum atomic E-state index is 11.4. The summed E-state index contributed by atoms with van der Waals surface area (Å²) in [4.78, 5) is 17.8. The van der Waals surface area contributed by atoms with Gasteiger partial charge in [0, 0.05) is 13.1 Å². The lowest BCUT2D eigenvalue weighted by molar-refractivity contribution is -0.115. The van der Waals surface area contributed by atoms with Gasteiger partial charge in [-0.25, -0.2) is 4.98 Å². The van der Waals surface area contributed by atoms with Crippen LogP contribution >= 0.6 is 11.6 Å². The Morgan fingerprint density at radius 3 is 2.53 bits per heavy atom. The molecule has 17 heavy (non-hydrogen) atoms. The molecular formula is C12H18ClN3O. The molecule has 1 N–H and O–H groups in total. The van der Waals surface area contributed by atoms with Crippen molar-refractivity contribution in [2.24, 2.45) is 0 Å². The van der Waals surface area contributed by atoms with Crippen molar-refractivity contribution in [2.75, 3.05) is 23.3 Å². The second kappa shape index (κ2) is 6.45. The zero-order valence-corrected chi connectivity index (χ0v) is 11.2. The van der Waals surface area contributed by atoms with Crippen LogP contribution in [0.3, 0.4) is 0 Å². The molecule has 0 aromatic carbocycles. The van der Waals surface area contributed by atoms with Gasteiger partial charge in [0.05, 0.1) is 11.9 Å². The molecule has 5 heteroatoms. The Kier molecular flexibility index (Phi) is 5.22. The number of nitrogens with one attached hydrogen (secondary N) is 1. The lowest BCUT2D eigenvalue weighted by atomic mass is 10.3. The van der Waals surface area contributed by atoms with E-state index in [2.05, 4.69) is 29.0 Å². The number of amides is 1. The molecule has 1 aromatic rings. The molecule has 0 aliphatic carbocycles. The second-order valence-corrected chi connectivity index (χ2v) is 4.34. The largest absolute Gasteiger partial charge is 0.357 e. The highest BCUT2D eigenvalue weighted by Crippen LogP contribution is 2.14. The molecule has 0 saturated heterocycles. The van der Waals surface area contributed by atoms with E-state index >= 15 is 0 Å². The van der Waals surface area contributed by atoms with E-state index in [4.69, 9.17) is 11.6 Å². The fourth-order valence-electron chi connectivity index (χ4n) is 1.44. The first kappa shape index (κ1) is 13.8. The van der Waals surface area contributed by atoms with E-state index in [1.165, 1.54) is 0 Å². The summed E-state index contributed by atoms with van der Waals surface area (Å²) in [6.45, 7) is 7.61. The molecule has 1 heterocycles. The van der Waals surface area contributed by atoms with Crippen molar-refractivity contribution in [3.05, 3.63) is 18.3 Å². The van der Waals surface area contributed by atoms with Crippen molar-refractivity contribution in [2.45, 2.75) is 26.1 Å². The molecule has 1 aromatic heterocycles. The molecule has 0 fully saturated rings. The quantitative estimate of drug-likeness (QED) is 0.823. The van der Waals surface area contributed by atoms with Gasteiger partial charge in [0.25, 0.3) is 0 Å². The van der Waals surface area contributed by atoms with Crippen LogP contribution in [0.4, 0.5) is 11.5 Å². The lowest BCUT2D eigenvalue weighted by Crippen LogP contribution is -2.23. The third-order valence-electron chi connectivity index (χ3n) is 2.46. The number of carbonyl (C=O) groups is 1. The Morgan fingerprint density at radius 2 is 2.12 bits per heavy atom. The highest BCUT2D eigenvalue weighted by atomic mass is 35.5. The maximum absolute atomic E-state index is 11.4. The number of aromatic nitrogens is 1. The average Bonchev–Trinajstić information content (AvgIpc) is 2.32. The number of pyridine rings is 1. The minimum atomic E-state index is -0.544. The van der Waals surface area contributed by atoms with Gasteiger partial charge in [-0.1, -0.05) is 0 Å². The van der Waals surface area contributed by atoms with Gasteiger partial charge in [0.2, 0.25) is 5.91 Å². The van der Waals surface area contributed by atoms with Crippen LogP contribution in [-0.2, 0) is 4.79 Å². The standard InChI is InChI=1S/C12H18ClN3O/c1-4-16(5-2)11-7-6-10(8-14-11)15-12(17)9(3)13/h6-9H,4-5H2,1-3H3,(H,15,17). The number of anilines is 2. The lowest BCUT2D eigenvalue weighted by Gasteiger charge is -2.19. The van der Waals surface area contributed by atoms with Crippen LogP contribution < -0.4 is 10.2 Å². The molecule has 94 valence electrons. The monoisotopic (exact) mass is 255 g/mol. The summed E-state index contributed by atoms with van der Waals surface area (Å²) in [5.74, 6) is 0.691. The van der Waals surface area contributed by atoms with E-state index < -0.39 is 5.38 Å². The van der Waals surface area contributed by atoms with Gasteiger partial charge in [0.15, 0.2) is 0 Å². The summed E-state index contributed by atoms with van der Waals surface area (Å²) >= 11 is 5.66. The van der Waals surface area contributed by atoms with Gasteiger partial charge < -0.3 is 10.2 Å². The van der Waals surface area contributed by atoms with Crippen molar-refractivity contribution in [3.63, 3.8) is 0 Å². The van der Waals surface area contributed by atoms with E-state index in [1.807, 2.05) is 12.1 Å². The van der Waals surface area contributed by atoms with E-state index in [0.717, 1.165) is 18.9 Å².